The van der Waals surface area contributed by atoms with E-state index in [4.69, 9.17) is 9.47 Å². The average Bonchev–Trinajstić information content (AvgIpc) is 2.54. The minimum Gasteiger partial charge on any atom is -0.489 e. The van der Waals surface area contributed by atoms with Crippen LogP contribution in [0.2, 0.25) is 0 Å². The zero-order valence-electron chi connectivity index (χ0n) is 13.5. The fraction of sp³-hybridized carbons (Fsp3) is 0.368. The summed E-state index contributed by atoms with van der Waals surface area (Å²) in [6.07, 6.45) is 1.03. The van der Waals surface area contributed by atoms with E-state index in [1.165, 1.54) is 16.7 Å². The first-order valence-corrected chi connectivity index (χ1v) is 7.75. The minimum atomic E-state index is 0.609. The Morgan fingerprint density at radius 1 is 1.05 bits per heavy atom. The van der Waals surface area contributed by atoms with Crippen molar-refractivity contribution in [1.29, 1.82) is 0 Å². The third kappa shape index (κ3) is 5.51. The highest BCUT2D eigenvalue weighted by molar-refractivity contribution is 5.30. The van der Waals surface area contributed by atoms with Crippen LogP contribution in [0.15, 0.2) is 48.5 Å². The van der Waals surface area contributed by atoms with E-state index in [2.05, 4.69) is 42.6 Å². The predicted molar refractivity (Wildman–Crippen MR) is 90.2 cm³/mol. The summed E-state index contributed by atoms with van der Waals surface area (Å²) >= 11 is 0. The highest BCUT2D eigenvalue weighted by Gasteiger charge is 2.00. The zero-order chi connectivity index (χ0) is 15.6. The lowest BCUT2D eigenvalue weighted by atomic mass is 10.1. The third-order valence-electron chi connectivity index (χ3n) is 3.59. The Bertz CT molecular complexity index is 569. The summed E-state index contributed by atoms with van der Waals surface area (Å²) in [6.45, 7) is 5.33. The molecule has 0 atom stereocenters. The van der Waals surface area contributed by atoms with Gasteiger partial charge in [0.2, 0.25) is 0 Å². The number of ether oxygens (including phenoxy) is 2. The number of nitrogens with one attached hydrogen (secondary N) is 1. The van der Waals surface area contributed by atoms with Crippen LogP contribution in [0.3, 0.4) is 0 Å². The van der Waals surface area contributed by atoms with Crippen LogP contribution in [0.4, 0.5) is 0 Å². The van der Waals surface area contributed by atoms with Crippen LogP contribution in [0.5, 0.6) is 5.75 Å². The van der Waals surface area contributed by atoms with Crippen molar-refractivity contribution in [1.82, 2.24) is 5.32 Å². The van der Waals surface area contributed by atoms with Crippen molar-refractivity contribution < 1.29 is 9.47 Å². The maximum Gasteiger partial charge on any atom is 0.120 e. The molecule has 1 N–H and O–H groups in total. The zero-order valence-corrected chi connectivity index (χ0v) is 13.5. The molecule has 0 saturated carbocycles. The molecule has 0 radical (unpaired) electrons. The molecule has 0 aliphatic heterocycles. The lowest BCUT2D eigenvalue weighted by Crippen LogP contribution is -2.16. The van der Waals surface area contributed by atoms with Crippen molar-refractivity contribution in [3.8, 4) is 5.75 Å². The lowest BCUT2D eigenvalue weighted by molar-refractivity contribution is 0.194. The molecule has 118 valence electrons. The van der Waals surface area contributed by atoms with Gasteiger partial charge in [-0.15, -0.1) is 0 Å². The van der Waals surface area contributed by atoms with Gasteiger partial charge in [0.15, 0.2) is 0 Å². The molecule has 22 heavy (non-hydrogen) atoms. The number of hydrogen-bond acceptors (Lipinski definition) is 3. The largest absolute Gasteiger partial charge is 0.489 e. The van der Waals surface area contributed by atoms with Crippen molar-refractivity contribution in [2.45, 2.75) is 26.5 Å². The fourth-order valence-electron chi connectivity index (χ4n) is 2.25. The van der Waals surface area contributed by atoms with Crippen molar-refractivity contribution in [3.05, 3.63) is 65.2 Å². The molecule has 0 saturated heterocycles. The molecular formula is C19H25NO2. The molecule has 0 spiro atoms. The van der Waals surface area contributed by atoms with Gasteiger partial charge in [-0.25, -0.2) is 0 Å². The molecule has 0 unspecified atom stereocenters. The predicted octanol–water partition coefficient (Wildman–Crippen LogP) is 3.70. The van der Waals surface area contributed by atoms with Crippen molar-refractivity contribution >= 4 is 0 Å². The standard InChI is InChI=1S/C19H25NO2/c1-16-7-3-4-9-18(16)15-22-19-10-5-8-17(13-19)14-20-11-6-12-21-2/h3-5,7-10,13,20H,6,11-12,14-15H2,1-2H3. The molecule has 0 aromatic heterocycles. The first kappa shape index (κ1) is 16.5. The van der Waals surface area contributed by atoms with E-state index in [0.29, 0.717) is 6.61 Å². The Hall–Kier alpha value is -1.84. The molecule has 0 amide bonds. The summed E-state index contributed by atoms with van der Waals surface area (Å²) in [5, 5.41) is 3.41. The summed E-state index contributed by atoms with van der Waals surface area (Å²) in [4.78, 5) is 0. The van der Waals surface area contributed by atoms with Crippen LogP contribution in [0.25, 0.3) is 0 Å². The number of benzene rings is 2. The quantitative estimate of drug-likeness (QED) is 0.716. The van der Waals surface area contributed by atoms with Gasteiger partial charge in [-0.05, 0) is 48.7 Å². The van der Waals surface area contributed by atoms with Gasteiger partial charge in [0, 0.05) is 20.3 Å². The summed E-state index contributed by atoms with van der Waals surface area (Å²) in [7, 11) is 1.73. The second-order valence-electron chi connectivity index (χ2n) is 5.39. The molecule has 0 heterocycles. The van der Waals surface area contributed by atoms with Crippen LogP contribution in [-0.2, 0) is 17.9 Å². The van der Waals surface area contributed by atoms with E-state index in [9.17, 15) is 0 Å². The number of methoxy groups -OCH3 is 1. The lowest BCUT2D eigenvalue weighted by Gasteiger charge is -2.10. The van der Waals surface area contributed by atoms with Crippen molar-refractivity contribution in [3.63, 3.8) is 0 Å². The van der Waals surface area contributed by atoms with Gasteiger partial charge in [-0.1, -0.05) is 36.4 Å². The Labute approximate surface area is 133 Å². The smallest absolute Gasteiger partial charge is 0.120 e. The molecule has 3 heteroatoms. The van der Waals surface area contributed by atoms with Gasteiger partial charge in [-0.2, -0.15) is 0 Å². The van der Waals surface area contributed by atoms with Crippen LogP contribution >= 0.6 is 0 Å². The first-order valence-electron chi connectivity index (χ1n) is 7.75. The Kier molecular flexibility index (Phi) is 6.94. The van der Waals surface area contributed by atoms with Crippen LogP contribution < -0.4 is 10.1 Å². The molecule has 3 nitrogen and oxygen atoms in total. The molecule has 0 aliphatic carbocycles. The molecule has 2 rings (SSSR count). The van der Waals surface area contributed by atoms with E-state index in [0.717, 1.165) is 31.9 Å². The third-order valence-corrected chi connectivity index (χ3v) is 3.59. The number of hydrogen-bond donors (Lipinski definition) is 1. The van der Waals surface area contributed by atoms with E-state index >= 15 is 0 Å². The highest BCUT2D eigenvalue weighted by atomic mass is 16.5. The van der Waals surface area contributed by atoms with Crippen LogP contribution in [0.1, 0.15) is 23.1 Å². The minimum absolute atomic E-state index is 0.609. The normalized spacial score (nSPS) is 10.6. The van der Waals surface area contributed by atoms with E-state index in [1.807, 2.05) is 18.2 Å². The highest BCUT2D eigenvalue weighted by Crippen LogP contribution is 2.16. The fourth-order valence-corrected chi connectivity index (χ4v) is 2.25. The van der Waals surface area contributed by atoms with Gasteiger partial charge in [0.25, 0.3) is 0 Å². The second kappa shape index (κ2) is 9.23. The van der Waals surface area contributed by atoms with Crippen LogP contribution in [0, 0.1) is 6.92 Å². The average molecular weight is 299 g/mol. The van der Waals surface area contributed by atoms with Gasteiger partial charge >= 0.3 is 0 Å². The summed E-state index contributed by atoms with van der Waals surface area (Å²) in [6, 6.07) is 16.6. The monoisotopic (exact) mass is 299 g/mol. The number of aryl methyl sites for hydroxylation is 1. The summed E-state index contributed by atoms with van der Waals surface area (Å²) in [5.41, 5.74) is 3.73. The van der Waals surface area contributed by atoms with Crippen molar-refractivity contribution in [2.24, 2.45) is 0 Å². The SMILES string of the molecule is COCCCNCc1cccc(OCc2ccccc2C)c1. The van der Waals surface area contributed by atoms with Gasteiger partial charge in [0.05, 0.1) is 0 Å². The van der Waals surface area contributed by atoms with E-state index in [1.54, 1.807) is 7.11 Å². The van der Waals surface area contributed by atoms with Crippen LogP contribution in [-0.4, -0.2) is 20.3 Å². The summed E-state index contributed by atoms with van der Waals surface area (Å²) < 4.78 is 10.9. The maximum atomic E-state index is 5.91. The first-order chi connectivity index (χ1) is 10.8. The van der Waals surface area contributed by atoms with E-state index in [-0.39, 0.29) is 0 Å². The molecule has 0 fully saturated rings. The second-order valence-corrected chi connectivity index (χ2v) is 5.39. The molecular weight excluding hydrogens is 274 g/mol. The number of rotatable bonds is 9. The Morgan fingerprint density at radius 3 is 2.73 bits per heavy atom. The molecule has 2 aromatic rings. The maximum absolute atomic E-state index is 5.91. The topological polar surface area (TPSA) is 30.5 Å². The Morgan fingerprint density at radius 2 is 1.91 bits per heavy atom. The molecule has 2 aromatic carbocycles. The van der Waals surface area contributed by atoms with E-state index < -0.39 is 0 Å². The van der Waals surface area contributed by atoms with Gasteiger partial charge in [-0.3, -0.25) is 0 Å². The van der Waals surface area contributed by atoms with Crippen molar-refractivity contribution in [2.75, 3.05) is 20.3 Å². The molecule has 0 aliphatic rings. The van der Waals surface area contributed by atoms with Gasteiger partial charge in [0.1, 0.15) is 12.4 Å². The Balaban J connectivity index is 1.82. The van der Waals surface area contributed by atoms with Gasteiger partial charge < -0.3 is 14.8 Å². The summed E-state index contributed by atoms with van der Waals surface area (Å²) in [5.74, 6) is 0.916. The molecule has 0 bridgehead atoms.